The van der Waals surface area contributed by atoms with Gasteiger partial charge in [-0.3, -0.25) is 4.79 Å². The van der Waals surface area contributed by atoms with Crippen LogP contribution in [0.15, 0.2) is 72.8 Å². The molecule has 6 nitrogen and oxygen atoms in total. The Morgan fingerprint density at radius 3 is 2.39 bits per heavy atom. The van der Waals surface area contributed by atoms with Gasteiger partial charge in [0.05, 0.1) is 0 Å². The number of carbonyl (C=O) groups excluding carboxylic acids is 1. The fraction of sp³-hybridized carbons (Fsp3) is 0.222. The van der Waals surface area contributed by atoms with E-state index < -0.39 is 0 Å². The fourth-order valence-electron chi connectivity index (χ4n) is 3.55. The lowest BCUT2D eigenvalue weighted by molar-refractivity contribution is -0.112. The smallest absolute Gasteiger partial charge is 0.250 e. The zero-order valence-corrected chi connectivity index (χ0v) is 19.4. The maximum absolute atomic E-state index is 12.0. The van der Waals surface area contributed by atoms with Crippen LogP contribution < -0.4 is 5.32 Å². The van der Waals surface area contributed by atoms with Crippen molar-refractivity contribution in [1.82, 2.24) is 15.0 Å². The summed E-state index contributed by atoms with van der Waals surface area (Å²) >= 11 is 0. The standard InChI is InChI=1S/C27H28N4O2/c1-17(2)26(33)28-21-11-12-22-23(16-21)30-31(29-22)24-15-20(27(3,4)5)14-19(25(24)32)13-18-9-7-6-8-10-18/h6-12,14-16,32H,1,13H2,2-5H3,(H,28,33). The number of aromatic hydroxyl groups is 1. The predicted molar refractivity (Wildman–Crippen MR) is 132 cm³/mol. The third-order valence-electron chi connectivity index (χ3n) is 5.51. The average Bonchev–Trinajstić information content (AvgIpc) is 3.18. The van der Waals surface area contributed by atoms with Gasteiger partial charge in [-0.1, -0.05) is 63.7 Å². The van der Waals surface area contributed by atoms with Crippen LogP contribution >= 0.6 is 0 Å². The topological polar surface area (TPSA) is 80.0 Å². The molecule has 2 N–H and O–H groups in total. The van der Waals surface area contributed by atoms with E-state index in [9.17, 15) is 9.90 Å². The Labute approximate surface area is 193 Å². The highest BCUT2D eigenvalue weighted by molar-refractivity contribution is 6.03. The van der Waals surface area contributed by atoms with Crippen LogP contribution in [0.4, 0.5) is 5.69 Å². The molecule has 0 aliphatic rings. The third-order valence-corrected chi connectivity index (χ3v) is 5.51. The van der Waals surface area contributed by atoms with E-state index in [0.717, 1.165) is 16.7 Å². The van der Waals surface area contributed by atoms with E-state index >= 15 is 0 Å². The van der Waals surface area contributed by atoms with E-state index in [1.165, 1.54) is 4.80 Å². The molecule has 168 valence electrons. The van der Waals surface area contributed by atoms with Gasteiger partial charge in [0.2, 0.25) is 0 Å². The van der Waals surface area contributed by atoms with Crippen molar-refractivity contribution >= 4 is 22.6 Å². The molecule has 33 heavy (non-hydrogen) atoms. The highest BCUT2D eigenvalue weighted by Gasteiger charge is 2.21. The van der Waals surface area contributed by atoms with Gasteiger partial charge in [0.1, 0.15) is 22.5 Å². The molecule has 4 aromatic rings. The number of phenols is 1. The molecule has 0 aliphatic heterocycles. The van der Waals surface area contributed by atoms with Crippen LogP contribution in [0.3, 0.4) is 0 Å². The number of hydrogen-bond acceptors (Lipinski definition) is 4. The summed E-state index contributed by atoms with van der Waals surface area (Å²) in [6.07, 6.45) is 0.599. The second-order valence-electron chi connectivity index (χ2n) is 9.34. The largest absolute Gasteiger partial charge is 0.505 e. The minimum Gasteiger partial charge on any atom is -0.505 e. The minimum absolute atomic E-state index is 0.125. The second kappa shape index (κ2) is 8.54. The number of aromatic nitrogens is 3. The van der Waals surface area contributed by atoms with E-state index in [-0.39, 0.29) is 17.1 Å². The molecule has 1 heterocycles. The molecule has 0 aliphatic carbocycles. The van der Waals surface area contributed by atoms with Crippen LogP contribution in [-0.2, 0) is 16.6 Å². The summed E-state index contributed by atoms with van der Waals surface area (Å²) in [7, 11) is 0. The number of amides is 1. The van der Waals surface area contributed by atoms with Crippen LogP contribution in [-0.4, -0.2) is 26.0 Å². The molecule has 0 atom stereocenters. The summed E-state index contributed by atoms with van der Waals surface area (Å²) in [5.41, 5.74) is 5.72. The molecule has 6 heteroatoms. The van der Waals surface area contributed by atoms with Crippen molar-refractivity contribution in [2.24, 2.45) is 0 Å². The lowest BCUT2D eigenvalue weighted by atomic mass is 9.85. The van der Waals surface area contributed by atoms with Gasteiger partial charge in [0, 0.05) is 23.2 Å². The molecule has 0 unspecified atom stereocenters. The molecule has 1 aromatic heterocycles. The molecule has 0 bridgehead atoms. The maximum atomic E-state index is 12.0. The predicted octanol–water partition coefficient (Wildman–Crippen LogP) is 5.53. The number of anilines is 1. The van der Waals surface area contributed by atoms with E-state index in [1.807, 2.05) is 36.4 Å². The van der Waals surface area contributed by atoms with Gasteiger partial charge in [-0.2, -0.15) is 0 Å². The van der Waals surface area contributed by atoms with Gasteiger partial charge >= 0.3 is 0 Å². The van der Waals surface area contributed by atoms with Gasteiger partial charge in [-0.15, -0.1) is 15.0 Å². The van der Waals surface area contributed by atoms with Gasteiger partial charge in [-0.25, -0.2) is 0 Å². The van der Waals surface area contributed by atoms with Crippen LogP contribution in [0.5, 0.6) is 5.75 Å². The van der Waals surface area contributed by atoms with Crippen molar-refractivity contribution in [2.75, 3.05) is 5.32 Å². The Bertz CT molecular complexity index is 1350. The van der Waals surface area contributed by atoms with Gasteiger partial charge in [0.15, 0.2) is 0 Å². The average molecular weight is 441 g/mol. The Kier molecular flexibility index (Phi) is 5.77. The van der Waals surface area contributed by atoms with Crippen LogP contribution in [0.2, 0.25) is 0 Å². The van der Waals surface area contributed by atoms with Crippen molar-refractivity contribution in [2.45, 2.75) is 39.5 Å². The molecule has 3 aromatic carbocycles. The first kappa shape index (κ1) is 22.3. The van der Waals surface area contributed by atoms with Crippen molar-refractivity contribution in [3.05, 3.63) is 89.5 Å². The van der Waals surface area contributed by atoms with Crippen molar-refractivity contribution < 1.29 is 9.90 Å². The van der Waals surface area contributed by atoms with E-state index in [1.54, 1.807) is 25.1 Å². The number of rotatable bonds is 5. The molecule has 4 rings (SSSR count). The lowest BCUT2D eigenvalue weighted by Crippen LogP contribution is -2.13. The second-order valence-corrected chi connectivity index (χ2v) is 9.34. The lowest BCUT2D eigenvalue weighted by Gasteiger charge is -2.22. The number of benzene rings is 3. The summed E-state index contributed by atoms with van der Waals surface area (Å²) in [4.78, 5) is 13.4. The summed E-state index contributed by atoms with van der Waals surface area (Å²) < 4.78 is 0. The first-order chi connectivity index (χ1) is 15.6. The Hall–Kier alpha value is -3.93. The van der Waals surface area contributed by atoms with Crippen LogP contribution in [0.25, 0.3) is 16.7 Å². The minimum atomic E-state index is -0.247. The number of hydrogen-bond donors (Lipinski definition) is 2. The monoisotopic (exact) mass is 440 g/mol. The summed E-state index contributed by atoms with van der Waals surface area (Å²) in [5.74, 6) is -0.0919. The maximum Gasteiger partial charge on any atom is 0.250 e. The Morgan fingerprint density at radius 1 is 1.03 bits per heavy atom. The van der Waals surface area contributed by atoms with Crippen LogP contribution in [0, 0.1) is 0 Å². The van der Waals surface area contributed by atoms with Crippen molar-refractivity contribution in [3.8, 4) is 11.4 Å². The van der Waals surface area contributed by atoms with Gasteiger partial charge in [0.25, 0.3) is 5.91 Å². The fourth-order valence-corrected chi connectivity index (χ4v) is 3.55. The number of carbonyl (C=O) groups is 1. The highest BCUT2D eigenvalue weighted by Crippen LogP contribution is 2.34. The zero-order valence-electron chi connectivity index (χ0n) is 19.4. The summed E-state index contributed by atoms with van der Waals surface area (Å²) in [6.45, 7) is 11.7. The molecular weight excluding hydrogens is 412 g/mol. The first-order valence-electron chi connectivity index (χ1n) is 10.9. The Balaban J connectivity index is 1.79. The molecule has 0 fully saturated rings. The number of phenolic OH excluding ortho intramolecular Hbond substituents is 1. The van der Waals surface area contributed by atoms with Crippen LogP contribution in [0.1, 0.15) is 44.4 Å². The molecule has 0 radical (unpaired) electrons. The third kappa shape index (κ3) is 4.80. The Morgan fingerprint density at radius 2 is 1.73 bits per heavy atom. The van der Waals surface area contributed by atoms with Gasteiger partial charge < -0.3 is 10.4 Å². The summed E-state index contributed by atoms with van der Waals surface area (Å²) in [6, 6.07) is 19.4. The van der Waals surface area contributed by atoms with Gasteiger partial charge in [-0.05, 0) is 47.7 Å². The normalized spacial score (nSPS) is 11.5. The van der Waals surface area contributed by atoms with Crippen molar-refractivity contribution in [3.63, 3.8) is 0 Å². The zero-order chi connectivity index (χ0) is 23.8. The molecular formula is C27H28N4O2. The first-order valence-corrected chi connectivity index (χ1v) is 10.9. The quantitative estimate of drug-likeness (QED) is 0.400. The number of nitrogens with one attached hydrogen (secondary N) is 1. The van der Waals surface area contributed by atoms with E-state index in [4.69, 9.17) is 0 Å². The molecule has 0 saturated carbocycles. The molecule has 0 saturated heterocycles. The SMILES string of the molecule is C=C(C)C(=O)Nc1ccc2nn(-c3cc(C(C)(C)C)cc(Cc4ccccc4)c3O)nc2c1. The van der Waals surface area contributed by atoms with E-state index in [2.05, 4.69) is 48.9 Å². The summed E-state index contributed by atoms with van der Waals surface area (Å²) in [5, 5.41) is 23.2. The number of fused-ring (bicyclic) bond motifs is 1. The molecule has 1 amide bonds. The number of nitrogens with zero attached hydrogens (tertiary/aromatic N) is 3. The molecule has 0 spiro atoms. The van der Waals surface area contributed by atoms with E-state index in [0.29, 0.717) is 34.4 Å². The highest BCUT2D eigenvalue weighted by atomic mass is 16.3. The van der Waals surface area contributed by atoms with Crippen molar-refractivity contribution in [1.29, 1.82) is 0 Å².